The number of aliphatic hydroxyl groups excluding tert-OH is 1. The van der Waals surface area contributed by atoms with E-state index in [-0.39, 0.29) is 11.9 Å². The van der Waals surface area contributed by atoms with Crippen molar-refractivity contribution < 1.29 is 13.5 Å². The zero-order valence-electron chi connectivity index (χ0n) is 11.4. The van der Waals surface area contributed by atoms with Gasteiger partial charge in [0, 0.05) is 18.8 Å². The normalized spacial score (nSPS) is 24.5. The minimum atomic E-state index is -3.13. The average Bonchev–Trinajstić information content (AvgIpc) is 2.42. The summed E-state index contributed by atoms with van der Waals surface area (Å²) in [5.74, 6) is 0.447. The Hall–Kier alpha value is -1.07. The van der Waals surface area contributed by atoms with Crippen molar-refractivity contribution in [3.05, 3.63) is 24.3 Å². The van der Waals surface area contributed by atoms with Crippen molar-refractivity contribution in [1.29, 1.82) is 0 Å². The van der Waals surface area contributed by atoms with Crippen LogP contribution in [0.2, 0.25) is 0 Å². The lowest BCUT2D eigenvalue weighted by Gasteiger charge is -2.35. The zero-order valence-corrected chi connectivity index (χ0v) is 12.2. The van der Waals surface area contributed by atoms with E-state index >= 15 is 0 Å². The molecular weight excluding hydrogens is 262 g/mol. The zero-order chi connectivity index (χ0) is 14.0. The highest BCUT2D eigenvalue weighted by atomic mass is 32.2. The van der Waals surface area contributed by atoms with E-state index in [0.29, 0.717) is 17.4 Å². The molecule has 0 spiro atoms. The molecule has 1 heterocycles. The van der Waals surface area contributed by atoms with E-state index in [1.165, 1.54) is 0 Å². The van der Waals surface area contributed by atoms with Crippen LogP contribution < -0.4 is 4.90 Å². The third kappa shape index (κ3) is 3.09. The lowest BCUT2D eigenvalue weighted by molar-refractivity contribution is 0.103. The highest BCUT2D eigenvalue weighted by Gasteiger charge is 2.24. The first-order valence-corrected chi connectivity index (χ1v) is 8.35. The van der Waals surface area contributed by atoms with E-state index < -0.39 is 9.84 Å². The summed E-state index contributed by atoms with van der Waals surface area (Å²) in [7, 11) is -3.13. The summed E-state index contributed by atoms with van der Waals surface area (Å²) in [5.41, 5.74) is 0.973. The lowest BCUT2D eigenvalue weighted by Crippen LogP contribution is -2.42. The predicted molar refractivity (Wildman–Crippen MR) is 76.2 cm³/mol. The summed E-state index contributed by atoms with van der Waals surface area (Å²) >= 11 is 0. The fourth-order valence-corrected chi connectivity index (χ4v) is 3.20. The van der Waals surface area contributed by atoms with Gasteiger partial charge in [-0.3, -0.25) is 0 Å². The van der Waals surface area contributed by atoms with E-state index in [0.717, 1.165) is 18.7 Å². The van der Waals surface area contributed by atoms with E-state index in [9.17, 15) is 13.5 Å². The van der Waals surface area contributed by atoms with Gasteiger partial charge in [-0.1, -0.05) is 13.8 Å². The molecule has 0 amide bonds. The summed E-state index contributed by atoms with van der Waals surface area (Å²) < 4.78 is 23.5. The van der Waals surface area contributed by atoms with Crippen LogP contribution in [-0.4, -0.2) is 38.5 Å². The van der Waals surface area contributed by atoms with Gasteiger partial charge in [0.25, 0.3) is 0 Å². The van der Waals surface area contributed by atoms with Gasteiger partial charge in [-0.15, -0.1) is 0 Å². The Labute approximate surface area is 115 Å². The summed E-state index contributed by atoms with van der Waals surface area (Å²) in [4.78, 5) is 2.47. The molecule has 0 aromatic heterocycles. The molecule has 1 saturated heterocycles. The Balaban J connectivity index is 2.15. The van der Waals surface area contributed by atoms with Crippen molar-refractivity contribution in [3.8, 4) is 0 Å². The van der Waals surface area contributed by atoms with Crippen molar-refractivity contribution >= 4 is 15.5 Å². The second-order valence-corrected chi connectivity index (χ2v) is 7.45. The summed E-state index contributed by atoms with van der Waals surface area (Å²) in [6.45, 7) is 5.21. The summed E-state index contributed by atoms with van der Waals surface area (Å²) in [6.07, 6.45) is 0.642. The second-order valence-electron chi connectivity index (χ2n) is 5.18. The minimum absolute atomic E-state index is 0.117. The smallest absolute Gasteiger partial charge is 0.178 e. The second kappa shape index (κ2) is 5.51. The number of hydrogen-bond acceptors (Lipinski definition) is 4. The number of anilines is 1. The summed E-state index contributed by atoms with van der Waals surface area (Å²) in [6, 6.07) is 6.95. The molecule has 0 unspecified atom stereocenters. The van der Waals surface area contributed by atoms with Crippen LogP contribution in [0.25, 0.3) is 0 Å². The predicted octanol–water partition coefficient (Wildman–Crippen LogP) is 1.69. The Morgan fingerprint density at radius 2 is 1.95 bits per heavy atom. The molecule has 1 aliphatic rings. The maximum atomic E-state index is 11.7. The monoisotopic (exact) mass is 283 g/mol. The van der Waals surface area contributed by atoms with Gasteiger partial charge in [0.15, 0.2) is 9.84 Å². The first kappa shape index (κ1) is 14.3. The number of rotatable bonds is 3. The van der Waals surface area contributed by atoms with Crippen molar-refractivity contribution in [3.63, 3.8) is 0 Å². The van der Waals surface area contributed by atoms with Crippen LogP contribution in [0.5, 0.6) is 0 Å². The number of β-amino-alcohol motifs (C(OH)–C–C–N with tert-alkyl or cyclic N) is 1. The molecule has 0 aliphatic carbocycles. The van der Waals surface area contributed by atoms with Gasteiger partial charge in [-0.2, -0.15) is 0 Å². The number of nitrogens with zero attached hydrogens (tertiary/aromatic N) is 1. The van der Waals surface area contributed by atoms with Crippen LogP contribution in [0.3, 0.4) is 0 Å². The van der Waals surface area contributed by atoms with Gasteiger partial charge in [-0.25, -0.2) is 8.42 Å². The minimum Gasteiger partial charge on any atom is -0.391 e. The average molecular weight is 283 g/mol. The van der Waals surface area contributed by atoms with Gasteiger partial charge in [0.2, 0.25) is 0 Å². The Morgan fingerprint density at radius 3 is 2.47 bits per heavy atom. The largest absolute Gasteiger partial charge is 0.391 e. The topological polar surface area (TPSA) is 57.6 Å². The molecule has 1 N–H and O–H groups in total. The maximum Gasteiger partial charge on any atom is 0.178 e. The summed E-state index contributed by atoms with van der Waals surface area (Å²) in [5, 5.41) is 9.89. The number of sulfone groups is 1. The SMILES string of the molecule is CCS(=O)(=O)c1ccc(N2CC[C@H](C)[C@@H](O)C2)cc1. The van der Waals surface area contributed by atoms with Crippen LogP contribution in [0.15, 0.2) is 29.2 Å². The maximum absolute atomic E-state index is 11.7. The van der Waals surface area contributed by atoms with Crippen molar-refractivity contribution in [1.82, 2.24) is 0 Å². The van der Waals surface area contributed by atoms with Gasteiger partial charge < -0.3 is 10.0 Å². The molecule has 1 fully saturated rings. The molecule has 1 aromatic carbocycles. The standard InChI is InChI=1S/C14H21NO3S/c1-3-19(17,18)13-6-4-12(5-7-13)15-9-8-11(2)14(16)10-15/h4-7,11,14,16H,3,8-10H2,1-2H3/t11-,14-/m0/s1. The van der Waals surface area contributed by atoms with Gasteiger partial charge in [-0.05, 0) is 36.6 Å². The number of benzene rings is 1. The van der Waals surface area contributed by atoms with E-state index in [2.05, 4.69) is 11.8 Å². The molecule has 2 rings (SSSR count). The first-order chi connectivity index (χ1) is 8.94. The Bertz CT molecular complexity index is 524. The molecule has 1 aromatic rings. The van der Waals surface area contributed by atoms with Crippen LogP contribution in [0, 0.1) is 5.92 Å². The lowest BCUT2D eigenvalue weighted by atomic mass is 9.96. The molecule has 5 heteroatoms. The van der Waals surface area contributed by atoms with E-state index in [4.69, 9.17) is 0 Å². The fourth-order valence-electron chi connectivity index (χ4n) is 2.31. The number of hydrogen-bond donors (Lipinski definition) is 1. The van der Waals surface area contributed by atoms with Gasteiger partial charge in [0.05, 0.1) is 16.8 Å². The third-order valence-corrected chi connectivity index (χ3v) is 5.61. The van der Waals surface area contributed by atoms with Gasteiger partial charge >= 0.3 is 0 Å². The Morgan fingerprint density at radius 1 is 1.32 bits per heavy atom. The van der Waals surface area contributed by atoms with Crippen LogP contribution in [-0.2, 0) is 9.84 Å². The van der Waals surface area contributed by atoms with Crippen LogP contribution >= 0.6 is 0 Å². The molecule has 19 heavy (non-hydrogen) atoms. The molecule has 0 radical (unpaired) electrons. The van der Waals surface area contributed by atoms with Crippen molar-refractivity contribution in [2.75, 3.05) is 23.7 Å². The van der Waals surface area contributed by atoms with Gasteiger partial charge in [0.1, 0.15) is 0 Å². The Kier molecular flexibility index (Phi) is 4.16. The first-order valence-electron chi connectivity index (χ1n) is 6.70. The number of aliphatic hydroxyl groups is 1. The fraction of sp³-hybridized carbons (Fsp3) is 0.571. The highest BCUT2D eigenvalue weighted by molar-refractivity contribution is 7.91. The van der Waals surface area contributed by atoms with Crippen molar-refractivity contribution in [2.45, 2.75) is 31.3 Å². The van der Waals surface area contributed by atoms with Crippen LogP contribution in [0.1, 0.15) is 20.3 Å². The highest BCUT2D eigenvalue weighted by Crippen LogP contribution is 2.24. The molecule has 0 saturated carbocycles. The number of piperidine rings is 1. The molecular formula is C14H21NO3S. The van der Waals surface area contributed by atoms with E-state index in [1.54, 1.807) is 19.1 Å². The molecule has 2 atom stereocenters. The quantitative estimate of drug-likeness (QED) is 0.917. The van der Waals surface area contributed by atoms with Crippen LogP contribution in [0.4, 0.5) is 5.69 Å². The molecule has 0 bridgehead atoms. The molecule has 4 nitrogen and oxygen atoms in total. The third-order valence-electron chi connectivity index (χ3n) is 3.86. The van der Waals surface area contributed by atoms with E-state index in [1.807, 2.05) is 12.1 Å². The molecule has 106 valence electrons. The van der Waals surface area contributed by atoms with Crippen molar-refractivity contribution in [2.24, 2.45) is 5.92 Å². The molecule has 1 aliphatic heterocycles.